The Hall–Kier alpha value is -3.39. The number of amides is 4. The molecule has 1 aromatic rings. The first-order valence-corrected chi connectivity index (χ1v) is 17.4. The van der Waals surface area contributed by atoms with Gasteiger partial charge in [0.15, 0.2) is 0 Å². The zero-order valence-corrected chi connectivity index (χ0v) is 31.1. The van der Waals surface area contributed by atoms with E-state index in [0.717, 1.165) is 19.3 Å². The Balaban J connectivity index is 0. The molecule has 4 amide bonds. The first kappa shape index (κ1) is 46.7. The molecule has 0 spiro atoms. The van der Waals surface area contributed by atoms with Crippen LogP contribution in [0.5, 0.6) is 0 Å². The highest BCUT2D eigenvalue weighted by atomic mass is 16.3. The number of aliphatic hydroxyl groups is 1. The van der Waals surface area contributed by atoms with Gasteiger partial charge < -0.3 is 32.5 Å². The number of hydrogen-bond acceptors (Lipinski definition) is 9. The van der Waals surface area contributed by atoms with E-state index in [1.54, 1.807) is 31.8 Å². The molecule has 0 bridgehead atoms. The number of nitrogens with one attached hydrogen (secondary N) is 3. The number of nitrogens with two attached hydrogens (primary N) is 2. The molecule has 14 nitrogen and oxygen atoms in total. The van der Waals surface area contributed by atoms with Crippen molar-refractivity contribution < 1.29 is 29.1 Å². The summed E-state index contributed by atoms with van der Waals surface area (Å²) >= 11 is 0. The van der Waals surface area contributed by atoms with Gasteiger partial charge in [-0.05, 0) is 65.3 Å². The second kappa shape index (κ2) is 26.6. The number of carbonyl (C=O) groups excluding carboxylic acids is 5. The van der Waals surface area contributed by atoms with Crippen LogP contribution < -0.4 is 27.4 Å². The van der Waals surface area contributed by atoms with Crippen molar-refractivity contribution in [2.45, 2.75) is 131 Å². The number of rotatable bonds is 23. The van der Waals surface area contributed by atoms with Crippen LogP contribution >= 0.6 is 0 Å². The summed E-state index contributed by atoms with van der Waals surface area (Å²) in [6.07, 6.45) is 8.18. The van der Waals surface area contributed by atoms with Crippen molar-refractivity contribution in [3.05, 3.63) is 11.9 Å². The average Bonchev–Trinajstić information content (AvgIpc) is 3.53. The molecule has 8 N–H and O–H groups in total. The summed E-state index contributed by atoms with van der Waals surface area (Å²) in [7, 11) is 1.73. The van der Waals surface area contributed by atoms with Crippen LogP contribution in [0.25, 0.3) is 0 Å². The predicted molar refractivity (Wildman–Crippen MR) is 188 cm³/mol. The molecular weight excluding hydrogens is 616 g/mol. The minimum Gasteiger partial charge on any atom is -0.394 e. The van der Waals surface area contributed by atoms with Crippen molar-refractivity contribution in [2.75, 3.05) is 26.7 Å². The molecule has 0 aromatic carbocycles. The second-order valence-electron chi connectivity index (χ2n) is 13.0. The third kappa shape index (κ3) is 21.5. The SMILES string of the molecule is CC.CC(C)C(=O)C(CCCCNC(=O)CCc1cn(C(C)(C)CO)nn1)C(N)=O.CNC(CCCCNC(=O)CCC(C)C)C(N)=O. The lowest BCUT2D eigenvalue weighted by atomic mass is 9.90. The Labute approximate surface area is 288 Å². The molecule has 0 aliphatic heterocycles. The lowest BCUT2D eigenvalue weighted by Gasteiger charge is -2.20. The van der Waals surface area contributed by atoms with Crippen molar-refractivity contribution in [3.63, 3.8) is 0 Å². The molecule has 0 saturated carbocycles. The molecule has 0 aliphatic carbocycles. The van der Waals surface area contributed by atoms with Crippen molar-refractivity contribution in [3.8, 4) is 0 Å². The standard InChI is InChI=1S/C19H33N5O4.C13H27N3O2.C2H6/c1-13(2)17(27)15(18(20)28)7-5-6-10-21-16(26)9-8-14-11-24(23-22-14)19(3,4)12-25;1-10(2)7-8-12(17)16-9-5-4-6-11(15-3)13(14)18;1-2/h11,13,15,25H,5-10,12H2,1-4H3,(H2,20,28)(H,21,26);10-11,15H,4-9H2,1-3H3,(H2,14,18)(H,16,17);1-2H3. The fourth-order valence-corrected chi connectivity index (χ4v) is 4.28. The molecule has 1 heterocycles. The molecular formula is C34H66N8O6. The van der Waals surface area contributed by atoms with Crippen molar-refractivity contribution in [2.24, 2.45) is 29.2 Å². The summed E-state index contributed by atoms with van der Waals surface area (Å²) in [4.78, 5) is 57.7. The zero-order valence-electron chi connectivity index (χ0n) is 31.1. The van der Waals surface area contributed by atoms with Gasteiger partial charge in [-0.1, -0.05) is 53.2 Å². The first-order valence-electron chi connectivity index (χ1n) is 17.4. The largest absolute Gasteiger partial charge is 0.394 e. The number of nitrogens with zero attached hydrogens (tertiary/aromatic N) is 3. The van der Waals surface area contributed by atoms with Gasteiger partial charge in [-0.25, -0.2) is 4.68 Å². The molecule has 0 radical (unpaired) electrons. The Bertz CT molecular complexity index is 1070. The van der Waals surface area contributed by atoms with E-state index in [9.17, 15) is 29.1 Å². The zero-order chi connectivity index (χ0) is 37.3. The maximum Gasteiger partial charge on any atom is 0.234 e. The van der Waals surface area contributed by atoms with Gasteiger partial charge in [-0.3, -0.25) is 24.0 Å². The minimum atomic E-state index is -0.749. The molecule has 48 heavy (non-hydrogen) atoms. The van der Waals surface area contributed by atoms with E-state index in [-0.39, 0.29) is 48.5 Å². The quantitative estimate of drug-likeness (QED) is 0.0735. The van der Waals surface area contributed by atoms with Gasteiger partial charge in [0.05, 0.1) is 29.8 Å². The Morgan fingerprint density at radius 1 is 0.854 bits per heavy atom. The molecule has 278 valence electrons. The lowest BCUT2D eigenvalue weighted by Crippen LogP contribution is -2.39. The number of aromatic nitrogens is 3. The maximum absolute atomic E-state index is 12.0. The van der Waals surface area contributed by atoms with Crippen LogP contribution in [0.2, 0.25) is 0 Å². The summed E-state index contributed by atoms with van der Waals surface area (Å²) in [6, 6.07) is -0.262. The van der Waals surface area contributed by atoms with Gasteiger partial charge in [0.25, 0.3) is 0 Å². The summed E-state index contributed by atoms with van der Waals surface area (Å²) in [5, 5.41) is 25.9. The summed E-state index contributed by atoms with van der Waals surface area (Å²) in [5.74, 6) is -1.43. The smallest absolute Gasteiger partial charge is 0.234 e. The van der Waals surface area contributed by atoms with Gasteiger partial charge >= 0.3 is 0 Å². The van der Waals surface area contributed by atoms with E-state index in [2.05, 4.69) is 40.1 Å². The van der Waals surface area contributed by atoms with Gasteiger partial charge in [0.1, 0.15) is 5.78 Å². The van der Waals surface area contributed by atoms with Gasteiger partial charge in [-0.2, -0.15) is 0 Å². The van der Waals surface area contributed by atoms with Crippen molar-refractivity contribution in [1.29, 1.82) is 0 Å². The number of aryl methyl sites for hydroxylation is 1. The molecule has 2 unspecified atom stereocenters. The molecule has 1 rings (SSSR count). The third-order valence-corrected chi connectivity index (χ3v) is 7.54. The van der Waals surface area contributed by atoms with Gasteiger partial charge in [0.2, 0.25) is 23.6 Å². The lowest BCUT2D eigenvalue weighted by molar-refractivity contribution is -0.134. The molecule has 14 heteroatoms. The molecule has 1 aromatic heterocycles. The highest BCUT2D eigenvalue weighted by molar-refractivity contribution is 6.01. The number of likely N-dealkylation sites (N-methyl/N-ethyl adjacent to an activating group) is 1. The Morgan fingerprint density at radius 2 is 1.40 bits per heavy atom. The number of carbonyl (C=O) groups is 5. The van der Waals surface area contributed by atoms with Crippen LogP contribution in [-0.2, 0) is 35.9 Å². The first-order chi connectivity index (χ1) is 22.5. The number of unbranched alkanes of at least 4 members (excludes halogenated alkanes) is 2. The molecule has 2 atom stereocenters. The molecule has 0 fully saturated rings. The van der Waals surface area contributed by atoms with Gasteiger partial charge in [0, 0.05) is 44.5 Å². The van der Waals surface area contributed by atoms with Gasteiger partial charge in [-0.15, -0.1) is 5.10 Å². The van der Waals surface area contributed by atoms with Crippen LogP contribution in [0.1, 0.15) is 119 Å². The van der Waals surface area contributed by atoms with Crippen molar-refractivity contribution in [1.82, 2.24) is 30.9 Å². The van der Waals surface area contributed by atoms with Crippen molar-refractivity contribution >= 4 is 29.4 Å². The van der Waals surface area contributed by atoms with Crippen LogP contribution in [-0.4, -0.2) is 82.3 Å². The molecule has 0 aliphatic rings. The minimum absolute atomic E-state index is 0.0599. The Kier molecular flexibility index (Phi) is 25.8. The summed E-state index contributed by atoms with van der Waals surface area (Å²) in [5.41, 5.74) is 10.7. The third-order valence-electron chi connectivity index (χ3n) is 7.54. The number of aliphatic hydroxyl groups excluding tert-OH is 1. The van der Waals surface area contributed by atoms with E-state index in [4.69, 9.17) is 11.5 Å². The van der Waals surface area contributed by atoms with E-state index >= 15 is 0 Å². The Morgan fingerprint density at radius 3 is 1.85 bits per heavy atom. The fraction of sp³-hybridized carbons (Fsp3) is 0.794. The monoisotopic (exact) mass is 683 g/mol. The summed E-state index contributed by atoms with van der Waals surface area (Å²) in [6.45, 7) is 16.5. The summed E-state index contributed by atoms with van der Waals surface area (Å²) < 4.78 is 1.59. The van der Waals surface area contributed by atoms with Crippen LogP contribution in [0, 0.1) is 17.8 Å². The second-order valence-corrected chi connectivity index (χ2v) is 13.0. The number of Topliss-reactive ketones (excluding diaryl/α,β-unsaturated/α-hetero) is 1. The van der Waals surface area contributed by atoms with E-state index < -0.39 is 17.4 Å². The number of hydrogen-bond donors (Lipinski definition) is 6. The topological polar surface area (TPSA) is 224 Å². The normalized spacial score (nSPS) is 12.2. The maximum atomic E-state index is 12.0. The highest BCUT2D eigenvalue weighted by Crippen LogP contribution is 2.15. The predicted octanol–water partition coefficient (Wildman–Crippen LogP) is 2.36. The molecule has 0 saturated heterocycles. The average molecular weight is 683 g/mol. The van der Waals surface area contributed by atoms with Crippen LogP contribution in [0.3, 0.4) is 0 Å². The number of primary amides is 2. The fourth-order valence-electron chi connectivity index (χ4n) is 4.28. The number of ketones is 1. The van der Waals surface area contributed by atoms with Crippen LogP contribution in [0.4, 0.5) is 0 Å². The van der Waals surface area contributed by atoms with E-state index in [1.807, 2.05) is 27.7 Å². The van der Waals surface area contributed by atoms with Crippen LogP contribution in [0.15, 0.2) is 6.20 Å². The van der Waals surface area contributed by atoms with E-state index in [0.29, 0.717) is 63.2 Å². The highest BCUT2D eigenvalue weighted by Gasteiger charge is 2.25. The van der Waals surface area contributed by atoms with E-state index in [1.165, 1.54) is 0 Å².